The van der Waals surface area contributed by atoms with Crippen molar-refractivity contribution in [3.05, 3.63) is 106 Å². The van der Waals surface area contributed by atoms with E-state index >= 15 is 0 Å². The van der Waals surface area contributed by atoms with Crippen molar-refractivity contribution in [3.8, 4) is 11.6 Å². The molecule has 2 heterocycles. The number of aromatic nitrogens is 3. The largest absolute Gasteiger partial charge is 0.472 e. The summed E-state index contributed by atoms with van der Waals surface area (Å²) in [6, 6.07) is 23.8. The molecule has 37 heavy (non-hydrogen) atoms. The summed E-state index contributed by atoms with van der Waals surface area (Å²) in [5, 5.41) is 6.89. The summed E-state index contributed by atoms with van der Waals surface area (Å²) < 4.78 is 15.9. The van der Waals surface area contributed by atoms with Crippen LogP contribution in [0.15, 0.2) is 89.9 Å². The predicted molar refractivity (Wildman–Crippen MR) is 144 cm³/mol. The number of rotatable bonds is 6. The Morgan fingerprint density at radius 2 is 1.76 bits per heavy atom. The fraction of sp³-hybridized carbons (Fsp3) is 0.115. The fourth-order valence-corrected chi connectivity index (χ4v) is 4.21. The number of anilines is 1. The number of para-hydroxylation sites is 1. The molecule has 0 aliphatic heterocycles. The molecule has 0 unspecified atom stereocenters. The average Bonchev–Trinajstić information content (AvgIpc) is 3.56. The average molecular weight is 539 g/mol. The number of amides is 1. The third kappa shape index (κ3) is 6.36. The van der Waals surface area contributed by atoms with Crippen LogP contribution in [0.2, 0.25) is 5.02 Å². The lowest BCUT2D eigenvalue weighted by molar-refractivity contribution is 0.115. The molecule has 9 nitrogen and oxygen atoms in total. The van der Waals surface area contributed by atoms with Gasteiger partial charge in [-0.3, -0.25) is 14.0 Å². The third-order valence-corrected chi connectivity index (χ3v) is 6.27. The predicted octanol–water partition coefficient (Wildman–Crippen LogP) is 5.83. The Kier molecular flexibility index (Phi) is 8.57. The van der Waals surface area contributed by atoms with Crippen LogP contribution in [0.1, 0.15) is 5.56 Å². The van der Waals surface area contributed by atoms with E-state index in [4.69, 9.17) is 25.9 Å². The minimum absolute atomic E-state index is 0.0144. The first-order chi connectivity index (χ1) is 18.0. The van der Waals surface area contributed by atoms with Gasteiger partial charge in [-0.1, -0.05) is 53.5 Å². The Bertz CT molecular complexity index is 1530. The maximum Gasteiger partial charge on any atom is 0.438 e. The zero-order chi connectivity index (χ0) is 26.2. The number of H-pyrrole nitrogens is 1. The standard InChI is InChI=1S/C19H18ClN3O4.C7H5NOS/c1-25-19(24)23(26-2)17-6-4-3-5-14(17)13-27-18-11-12-22(21-18)16-9-7-15(20)8-10-16;9-7-5-3-1-2-4-6(5)10-8-7/h3-12H,13H2,1-2H3;1-4H,(H,8,9). The topological polar surface area (TPSA) is 98.7 Å². The first kappa shape index (κ1) is 26.0. The van der Waals surface area contributed by atoms with Crippen molar-refractivity contribution in [2.75, 3.05) is 19.3 Å². The van der Waals surface area contributed by atoms with Crippen molar-refractivity contribution in [3.63, 3.8) is 0 Å². The van der Waals surface area contributed by atoms with Crippen molar-refractivity contribution in [1.82, 2.24) is 14.2 Å². The lowest BCUT2D eigenvalue weighted by Gasteiger charge is -2.20. The number of halogens is 1. The second-order valence-corrected chi connectivity index (χ2v) is 8.75. The van der Waals surface area contributed by atoms with Gasteiger partial charge in [-0.25, -0.2) is 9.48 Å². The Hall–Kier alpha value is -4.12. The first-order valence-electron chi connectivity index (χ1n) is 11.0. The van der Waals surface area contributed by atoms with Crippen LogP contribution < -0.4 is 15.4 Å². The van der Waals surface area contributed by atoms with E-state index in [1.807, 2.05) is 48.5 Å². The molecule has 0 aliphatic carbocycles. The highest BCUT2D eigenvalue weighted by Gasteiger charge is 2.19. The van der Waals surface area contributed by atoms with Crippen LogP contribution >= 0.6 is 23.1 Å². The Labute approximate surface area is 221 Å². The van der Waals surface area contributed by atoms with E-state index in [0.29, 0.717) is 16.6 Å². The number of hydroxylamine groups is 1. The summed E-state index contributed by atoms with van der Waals surface area (Å²) in [7, 11) is 2.68. The second kappa shape index (κ2) is 12.2. The number of aromatic amines is 1. The molecule has 0 saturated heterocycles. The van der Waals surface area contributed by atoms with Gasteiger partial charge in [0.15, 0.2) is 0 Å². The van der Waals surface area contributed by atoms with Crippen LogP contribution in [0.3, 0.4) is 0 Å². The van der Waals surface area contributed by atoms with E-state index in [2.05, 4.69) is 9.47 Å². The molecule has 2 aromatic heterocycles. The van der Waals surface area contributed by atoms with Crippen molar-refractivity contribution in [1.29, 1.82) is 0 Å². The van der Waals surface area contributed by atoms with Crippen molar-refractivity contribution >= 4 is 45.0 Å². The maximum absolute atomic E-state index is 11.9. The number of nitrogens with zero attached hydrogens (tertiary/aromatic N) is 3. The highest BCUT2D eigenvalue weighted by molar-refractivity contribution is 7.13. The molecule has 1 N–H and O–H groups in total. The molecule has 3 aromatic carbocycles. The Morgan fingerprint density at radius 1 is 1.03 bits per heavy atom. The summed E-state index contributed by atoms with van der Waals surface area (Å²) in [4.78, 5) is 27.9. The molecule has 0 atom stereocenters. The molecule has 190 valence electrons. The number of carbonyl (C=O) groups is 1. The molecular weight excluding hydrogens is 516 g/mol. The van der Waals surface area contributed by atoms with E-state index in [0.717, 1.165) is 26.4 Å². The number of hydrogen-bond acceptors (Lipinski definition) is 7. The van der Waals surface area contributed by atoms with E-state index < -0.39 is 6.09 Å². The van der Waals surface area contributed by atoms with Gasteiger partial charge >= 0.3 is 6.09 Å². The van der Waals surface area contributed by atoms with Gasteiger partial charge in [-0.05, 0) is 42.5 Å². The van der Waals surface area contributed by atoms with Gasteiger partial charge in [-0.2, -0.15) is 5.06 Å². The zero-order valence-electron chi connectivity index (χ0n) is 20.0. The Morgan fingerprint density at radius 3 is 2.49 bits per heavy atom. The summed E-state index contributed by atoms with van der Waals surface area (Å²) in [5.41, 5.74) is 2.15. The molecule has 1 amide bonds. The summed E-state index contributed by atoms with van der Waals surface area (Å²) >= 11 is 7.28. The van der Waals surface area contributed by atoms with Crippen LogP contribution in [0.4, 0.5) is 10.5 Å². The van der Waals surface area contributed by atoms with Crippen LogP contribution in [0.25, 0.3) is 15.8 Å². The first-order valence-corrected chi connectivity index (χ1v) is 12.2. The highest BCUT2D eigenvalue weighted by atomic mass is 35.5. The SMILES string of the molecule is COC(=O)N(OC)c1ccccc1COc1ccn(-c2ccc(Cl)cc2)n1.O=c1[nH]sc2ccccc12. The van der Waals surface area contributed by atoms with Gasteiger partial charge in [-0.15, -0.1) is 5.10 Å². The molecule has 5 aromatic rings. The van der Waals surface area contributed by atoms with Gasteiger partial charge in [0.2, 0.25) is 5.88 Å². The molecule has 0 aliphatic rings. The molecule has 0 radical (unpaired) electrons. The molecule has 0 bridgehead atoms. The smallest absolute Gasteiger partial charge is 0.438 e. The molecule has 11 heteroatoms. The van der Waals surface area contributed by atoms with Crippen molar-refractivity contribution in [2.24, 2.45) is 0 Å². The second-order valence-electron chi connectivity index (χ2n) is 7.47. The number of fused-ring (bicyclic) bond motifs is 1. The number of methoxy groups -OCH3 is 1. The normalized spacial score (nSPS) is 10.5. The monoisotopic (exact) mass is 538 g/mol. The lowest BCUT2D eigenvalue weighted by Crippen LogP contribution is -2.30. The Balaban J connectivity index is 0.000000265. The number of carbonyl (C=O) groups excluding carboxylic acids is 1. The van der Waals surface area contributed by atoms with Crippen LogP contribution in [-0.4, -0.2) is 34.5 Å². The van der Waals surface area contributed by atoms with Gasteiger partial charge in [0.25, 0.3) is 5.56 Å². The molecule has 0 fully saturated rings. The summed E-state index contributed by atoms with van der Waals surface area (Å²) in [5.74, 6) is 0.446. The van der Waals surface area contributed by atoms with Crippen molar-refractivity contribution < 1.29 is 19.1 Å². The van der Waals surface area contributed by atoms with Crippen LogP contribution in [0.5, 0.6) is 5.88 Å². The number of ether oxygens (including phenoxy) is 2. The van der Waals surface area contributed by atoms with E-state index in [-0.39, 0.29) is 12.2 Å². The summed E-state index contributed by atoms with van der Waals surface area (Å²) in [6.45, 7) is 0.199. The zero-order valence-corrected chi connectivity index (χ0v) is 21.5. The minimum Gasteiger partial charge on any atom is -0.472 e. The van der Waals surface area contributed by atoms with E-state index in [1.54, 1.807) is 41.2 Å². The molecular formula is C26H23ClN4O5S. The summed E-state index contributed by atoms with van der Waals surface area (Å²) in [6.07, 6.45) is 1.16. The number of benzene rings is 3. The lowest BCUT2D eigenvalue weighted by atomic mass is 10.2. The number of nitrogens with one attached hydrogen (secondary N) is 1. The van der Waals surface area contributed by atoms with Gasteiger partial charge in [0, 0.05) is 22.8 Å². The van der Waals surface area contributed by atoms with Crippen LogP contribution in [-0.2, 0) is 16.2 Å². The van der Waals surface area contributed by atoms with E-state index in [9.17, 15) is 9.59 Å². The maximum atomic E-state index is 11.9. The third-order valence-electron chi connectivity index (χ3n) is 5.15. The van der Waals surface area contributed by atoms with Crippen LogP contribution in [0, 0.1) is 0 Å². The van der Waals surface area contributed by atoms with E-state index in [1.165, 1.54) is 25.8 Å². The van der Waals surface area contributed by atoms with Gasteiger partial charge in [0.1, 0.15) is 6.61 Å². The van der Waals surface area contributed by atoms with Crippen molar-refractivity contribution in [2.45, 2.75) is 6.61 Å². The minimum atomic E-state index is -0.628. The molecule has 5 rings (SSSR count). The number of hydrogen-bond donors (Lipinski definition) is 1. The fourth-order valence-electron chi connectivity index (χ4n) is 3.36. The van der Waals surface area contributed by atoms with Gasteiger partial charge in [0.05, 0.1) is 35.7 Å². The molecule has 0 spiro atoms. The van der Waals surface area contributed by atoms with Gasteiger partial charge < -0.3 is 9.47 Å². The quantitative estimate of drug-likeness (QED) is 0.273. The highest BCUT2D eigenvalue weighted by Crippen LogP contribution is 2.23. The molecule has 0 saturated carbocycles.